The van der Waals surface area contributed by atoms with Crippen molar-refractivity contribution in [3.05, 3.63) is 68.0 Å². The first-order valence-electron chi connectivity index (χ1n) is 9.67. The molecule has 6 nitrogen and oxygen atoms in total. The highest BCUT2D eigenvalue weighted by molar-refractivity contribution is 6.38. The fourth-order valence-electron chi connectivity index (χ4n) is 3.56. The number of carbonyl (C=O) groups excluding carboxylic acids is 1. The summed E-state index contributed by atoms with van der Waals surface area (Å²) in [5, 5.41) is 3.46. The van der Waals surface area contributed by atoms with E-state index in [1.165, 1.54) is 19.2 Å². The summed E-state index contributed by atoms with van der Waals surface area (Å²) in [7, 11) is 1.37. The number of aryl methyl sites for hydroxylation is 1. The molecule has 0 bridgehead atoms. The molecule has 156 valence electrons. The predicted molar refractivity (Wildman–Crippen MR) is 113 cm³/mol. The molecule has 4 rings (SSSR count). The van der Waals surface area contributed by atoms with Gasteiger partial charge in [0.15, 0.2) is 11.6 Å². The molecular formula is C22H21ClFN3O3. The highest BCUT2D eigenvalue weighted by atomic mass is 35.5. The predicted octanol–water partition coefficient (Wildman–Crippen LogP) is 4.40. The van der Waals surface area contributed by atoms with E-state index >= 15 is 0 Å². The fourth-order valence-corrected chi connectivity index (χ4v) is 3.89. The quantitative estimate of drug-likeness (QED) is 0.629. The lowest BCUT2D eigenvalue weighted by molar-refractivity contribution is 0.0938. The van der Waals surface area contributed by atoms with E-state index in [1.807, 2.05) is 6.92 Å². The van der Waals surface area contributed by atoms with Crippen molar-refractivity contribution in [1.82, 2.24) is 15.3 Å². The van der Waals surface area contributed by atoms with Crippen molar-refractivity contribution >= 4 is 28.4 Å². The molecule has 0 aliphatic heterocycles. The average molecular weight is 430 g/mol. The van der Waals surface area contributed by atoms with Crippen LogP contribution in [0.15, 0.2) is 29.1 Å². The van der Waals surface area contributed by atoms with Gasteiger partial charge in [-0.1, -0.05) is 17.7 Å². The van der Waals surface area contributed by atoms with Gasteiger partial charge in [-0.2, -0.15) is 0 Å². The Bertz CT molecular complexity index is 1220. The first-order valence-corrected chi connectivity index (χ1v) is 10.0. The van der Waals surface area contributed by atoms with Crippen molar-refractivity contribution in [3.63, 3.8) is 0 Å². The first-order chi connectivity index (χ1) is 14.3. The minimum atomic E-state index is -0.610. The van der Waals surface area contributed by atoms with Gasteiger partial charge in [0.1, 0.15) is 5.56 Å². The van der Waals surface area contributed by atoms with Gasteiger partial charge in [0.2, 0.25) is 0 Å². The van der Waals surface area contributed by atoms with Crippen LogP contribution in [-0.2, 0) is 0 Å². The number of halogens is 2. The molecule has 2 aromatic heterocycles. The molecule has 3 aromatic rings. The van der Waals surface area contributed by atoms with E-state index in [4.69, 9.17) is 16.3 Å². The SMILES string of the molecule is COc1cc([C@H](C)NC(=O)c2c(Cl)c3cc(C)nc(C4CC4)c3[nH]c2=O)ccc1F. The van der Waals surface area contributed by atoms with Gasteiger partial charge < -0.3 is 15.0 Å². The number of amides is 1. The lowest BCUT2D eigenvalue weighted by Gasteiger charge is -2.16. The number of nitrogens with zero attached hydrogens (tertiary/aromatic N) is 1. The van der Waals surface area contributed by atoms with Crippen LogP contribution in [0.2, 0.25) is 5.02 Å². The number of ether oxygens (including phenoxy) is 1. The summed E-state index contributed by atoms with van der Waals surface area (Å²) < 4.78 is 18.6. The lowest BCUT2D eigenvalue weighted by Crippen LogP contribution is -2.32. The van der Waals surface area contributed by atoms with Crippen molar-refractivity contribution in [2.24, 2.45) is 0 Å². The summed E-state index contributed by atoms with van der Waals surface area (Å²) in [6.07, 6.45) is 2.04. The second-order valence-corrected chi connectivity index (χ2v) is 7.96. The summed E-state index contributed by atoms with van der Waals surface area (Å²) in [5.74, 6) is -0.719. The number of H-pyrrole nitrogens is 1. The third-order valence-corrected chi connectivity index (χ3v) is 5.70. The van der Waals surface area contributed by atoms with Crippen molar-refractivity contribution < 1.29 is 13.9 Å². The number of hydrogen-bond donors (Lipinski definition) is 2. The molecule has 2 heterocycles. The molecule has 1 fully saturated rings. The second-order valence-electron chi connectivity index (χ2n) is 7.58. The van der Waals surface area contributed by atoms with Crippen LogP contribution in [0.25, 0.3) is 10.9 Å². The van der Waals surface area contributed by atoms with Gasteiger partial charge >= 0.3 is 0 Å². The topological polar surface area (TPSA) is 84.1 Å². The van der Waals surface area contributed by atoms with Crippen LogP contribution in [0, 0.1) is 12.7 Å². The summed E-state index contributed by atoms with van der Waals surface area (Å²) in [4.78, 5) is 33.0. The van der Waals surface area contributed by atoms with Crippen molar-refractivity contribution in [3.8, 4) is 5.75 Å². The number of hydrogen-bond acceptors (Lipinski definition) is 4. The zero-order valence-electron chi connectivity index (χ0n) is 16.8. The molecule has 0 spiro atoms. The van der Waals surface area contributed by atoms with E-state index in [0.717, 1.165) is 24.2 Å². The number of aromatic nitrogens is 2. The molecule has 1 amide bonds. The lowest BCUT2D eigenvalue weighted by atomic mass is 10.1. The largest absolute Gasteiger partial charge is 0.494 e. The first kappa shape index (κ1) is 20.3. The number of methoxy groups -OCH3 is 1. The second kappa shape index (κ2) is 7.72. The summed E-state index contributed by atoms with van der Waals surface area (Å²) in [5.41, 5.74) is 2.09. The number of pyridine rings is 2. The van der Waals surface area contributed by atoms with Gasteiger partial charge in [-0.05, 0) is 50.5 Å². The van der Waals surface area contributed by atoms with Gasteiger partial charge in [0.05, 0.1) is 29.4 Å². The third-order valence-electron chi connectivity index (χ3n) is 5.31. The van der Waals surface area contributed by atoms with Crippen LogP contribution in [0.5, 0.6) is 5.75 Å². The maximum absolute atomic E-state index is 13.7. The smallest absolute Gasteiger partial charge is 0.262 e. The Labute approximate surface area is 177 Å². The zero-order chi connectivity index (χ0) is 21.6. The molecule has 1 aliphatic carbocycles. The van der Waals surface area contributed by atoms with Gasteiger partial charge in [-0.25, -0.2) is 4.39 Å². The Morgan fingerprint density at radius 3 is 2.77 bits per heavy atom. The summed E-state index contributed by atoms with van der Waals surface area (Å²) >= 11 is 6.53. The fraction of sp³-hybridized carbons (Fsp3) is 0.318. The van der Waals surface area contributed by atoms with E-state index in [-0.39, 0.29) is 16.3 Å². The third kappa shape index (κ3) is 3.65. The normalized spacial score (nSPS) is 14.6. The van der Waals surface area contributed by atoms with Gasteiger partial charge in [0, 0.05) is 17.0 Å². The average Bonchev–Trinajstić information content (AvgIpc) is 3.53. The molecule has 2 N–H and O–H groups in total. The Balaban J connectivity index is 1.70. The van der Waals surface area contributed by atoms with Crippen LogP contribution in [0.1, 0.15) is 59.0 Å². The number of nitrogens with one attached hydrogen (secondary N) is 2. The van der Waals surface area contributed by atoms with Gasteiger partial charge in [-0.15, -0.1) is 0 Å². The van der Waals surface area contributed by atoms with Crippen LogP contribution in [0.4, 0.5) is 4.39 Å². The zero-order valence-corrected chi connectivity index (χ0v) is 17.6. The molecule has 1 aromatic carbocycles. The highest BCUT2D eigenvalue weighted by Gasteiger charge is 2.29. The summed E-state index contributed by atoms with van der Waals surface area (Å²) in [6, 6.07) is 5.58. The van der Waals surface area contributed by atoms with E-state index < -0.39 is 23.3 Å². The minimum Gasteiger partial charge on any atom is -0.494 e. The number of benzene rings is 1. The van der Waals surface area contributed by atoms with Crippen molar-refractivity contribution in [2.45, 2.75) is 38.6 Å². The number of fused-ring (bicyclic) bond motifs is 1. The van der Waals surface area contributed by atoms with Gasteiger partial charge in [-0.3, -0.25) is 14.6 Å². The molecular weight excluding hydrogens is 409 g/mol. The molecule has 0 unspecified atom stereocenters. The number of rotatable bonds is 5. The Kier molecular flexibility index (Phi) is 5.24. The monoisotopic (exact) mass is 429 g/mol. The van der Waals surface area contributed by atoms with E-state index in [9.17, 15) is 14.0 Å². The molecule has 30 heavy (non-hydrogen) atoms. The highest BCUT2D eigenvalue weighted by Crippen LogP contribution is 2.42. The molecule has 1 aliphatic rings. The van der Waals surface area contributed by atoms with Crippen LogP contribution < -0.4 is 15.6 Å². The molecule has 8 heteroatoms. The Morgan fingerprint density at radius 1 is 1.37 bits per heavy atom. The maximum Gasteiger partial charge on any atom is 0.262 e. The number of aromatic amines is 1. The van der Waals surface area contributed by atoms with Crippen molar-refractivity contribution in [2.75, 3.05) is 7.11 Å². The Morgan fingerprint density at radius 2 is 2.10 bits per heavy atom. The summed E-state index contributed by atoms with van der Waals surface area (Å²) in [6.45, 7) is 3.59. The van der Waals surface area contributed by atoms with E-state index in [0.29, 0.717) is 22.4 Å². The standard InChI is InChI=1S/C22H21ClFN3O3/c1-10-8-14-18(23)17(22(29)27-20(14)19(25-10)12-4-5-12)21(28)26-11(2)13-6-7-15(24)16(9-13)30-3/h6-9,11-12H,4-5H2,1-3H3,(H,26,28)(H,27,29)/t11-/m0/s1. The van der Waals surface area contributed by atoms with Crippen molar-refractivity contribution in [1.29, 1.82) is 0 Å². The molecule has 0 radical (unpaired) electrons. The number of carbonyl (C=O) groups is 1. The molecule has 1 saturated carbocycles. The van der Waals surface area contributed by atoms with Gasteiger partial charge in [0.25, 0.3) is 11.5 Å². The van der Waals surface area contributed by atoms with E-state index in [1.54, 1.807) is 19.1 Å². The van der Waals surface area contributed by atoms with Crippen LogP contribution >= 0.6 is 11.6 Å². The van der Waals surface area contributed by atoms with Crippen LogP contribution in [0.3, 0.4) is 0 Å². The minimum absolute atomic E-state index is 0.0748. The Hall–Kier alpha value is -2.93. The maximum atomic E-state index is 13.7. The molecule has 1 atom stereocenters. The van der Waals surface area contributed by atoms with Crippen LogP contribution in [-0.4, -0.2) is 23.0 Å². The van der Waals surface area contributed by atoms with E-state index in [2.05, 4.69) is 15.3 Å². The molecule has 0 saturated heterocycles.